The Balaban J connectivity index is 2.27. The van der Waals surface area contributed by atoms with Gasteiger partial charge in [-0.25, -0.2) is 0 Å². The van der Waals surface area contributed by atoms with Gasteiger partial charge in [0.25, 0.3) is 0 Å². The van der Waals surface area contributed by atoms with Crippen LogP contribution in [0.1, 0.15) is 51.5 Å². The molecule has 86 valence electrons. The van der Waals surface area contributed by atoms with E-state index < -0.39 is 0 Å². The molecule has 1 heterocycles. The summed E-state index contributed by atoms with van der Waals surface area (Å²) in [5.74, 6) is 0. The van der Waals surface area contributed by atoms with Gasteiger partial charge in [-0.05, 0) is 19.8 Å². The summed E-state index contributed by atoms with van der Waals surface area (Å²) in [7, 11) is 0. The van der Waals surface area contributed by atoms with Crippen LogP contribution in [-0.4, -0.2) is 16.2 Å². The molecule has 0 fully saturated rings. The molecule has 3 nitrogen and oxygen atoms in total. The zero-order valence-corrected chi connectivity index (χ0v) is 10.7. The molecule has 1 N–H and O–H groups in total. The minimum atomic E-state index is 0.509. The molecular weight excluding hydrogens is 206 g/mol. The van der Waals surface area contributed by atoms with Gasteiger partial charge in [0.05, 0.1) is 0 Å². The van der Waals surface area contributed by atoms with Crippen molar-refractivity contribution in [2.45, 2.75) is 58.9 Å². The van der Waals surface area contributed by atoms with Gasteiger partial charge in [-0.3, -0.25) is 0 Å². The second kappa shape index (κ2) is 6.77. The van der Waals surface area contributed by atoms with Crippen molar-refractivity contribution in [2.24, 2.45) is 0 Å². The third-order valence-corrected chi connectivity index (χ3v) is 3.38. The van der Waals surface area contributed by atoms with Gasteiger partial charge in [0.1, 0.15) is 5.01 Å². The highest BCUT2D eigenvalue weighted by Gasteiger charge is 2.06. The number of aryl methyl sites for hydroxylation is 1. The highest BCUT2D eigenvalue weighted by atomic mass is 32.1. The zero-order valence-electron chi connectivity index (χ0n) is 9.92. The zero-order chi connectivity index (χ0) is 11.1. The molecule has 0 aliphatic carbocycles. The van der Waals surface area contributed by atoms with E-state index in [0.717, 1.165) is 16.6 Å². The Hall–Kier alpha value is -0.640. The number of nitrogens with one attached hydrogen (secondary N) is 1. The molecule has 1 aromatic heterocycles. The van der Waals surface area contributed by atoms with Gasteiger partial charge in [0.2, 0.25) is 5.13 Å². The first kappa shape index (κ1) is 12.4. The number of nitrogens with zero attached hydrogens (tertiary/aromatic N) is 2. The lowest BCUT2D eigenvalue weighted by Gasteiger charge is -2.11. The largest absolute Gasteiger partial charge is 0.358 e. The summed E-state index contributed by atoms with van der Waals surface area (Å²) in [5, 5.41) is 13.7. The summed E-state index contributed by atoms with van der Waals surface area (Å²) in [4.78, 5) is 0. The van der Waals surface area contributed by atoms with Crippen LogP contribution in [0.4, 0.5) is 5.13 Å². The molecule has 1 atom stereocenters. The molecule has 0 radical (unpaired) electrons. The van der Waals surface area contributed by atoms with Crippen molar-refractivity contribution in [3.63, 3.8) is 0 Å². The quantitative estimate of drug-likeness (QED) is 0.725. The highest BCUT2D eigenvalue weighted by molar-refractivity contribution is 7.15. The van der Waals surface area contributed by atoms with Crippen molar-refractivity contribution in [1.82, 2.24) is 10.2 Å². The van der Waals surface area contributed by atoms with Crippen LogP contribution in [0.25, 0.3) is 0 Å². The van der Waals surface area contributed by atoms with Crippen LogP contribution >= 0.6 is 11.3 Å². The minimum absolute atomic E-state index is 0.509. The molecular formula is C11H21N3S. The van der Waals surface area contributed by atoms with E-state index in [-0.39, 0.29) is 0 Å². The fourth-order valence-corrected chi connectivity index (χ4v) is 2.23. The molecule has 0 bridgehead atoms. The van der Waals surface area contributed by atoms with Crippen molar-refractivity contribution in [2.75, 3.05) is 5.32 Å². The summed E-state index contributed by atoms with van der Waals surface area (Å²) >= 11 is 1.67. The Morgan fingerprint density at radius 3 is 2.67 bits per heavy atom. The molecule has 0 saturated carbocycles. The Labute approximate surface area is 96.3 Å². The van der Waals surface area contributed by atoms with E-state index in [1.807, 2.05) is 0 Å². The van der Waals surface area contributed by atoms with Gasteiger partial charge in [-0.2, -0.15) is 0 Å². The average molecular weight is 227 g/mol. The van der Waals surface area contributed by atoms with Gasteiger partial charge in [0.15, 0.2) is 0 Å². The van der Waals surface area contributed by atoms with Crippen LogP contribution in [0.2, 0.25) is 0 Å². The number of hydrogen-bond acceptors (Lipinski definition) is 4. The van der Waals surface area contributed by atoms with Crippen LogP contribution in [-0.2, 0) is 6.42 Å². The lowest BCUT2D eigenvalue weighted by molar-refractivity contribution is 0.614. The summed E-state index contributed by atoms with van der Waals surface area (Å²) in [6, 6.07) is 0.509. The van der Waals surface area contributed by atoms with Gasteiger partial charge in [0, 0.05) is 6.04 Å². The van der Waals surface area contributed by atoms with Crippen molar-refractivity contribution in [3.8, 4) is 0 Å². The SMILES string of the molecule is CCCCCC(C)Nc1nnc(CC)s1. The number of hydrogen-bond donors (Lipinski definition) is 1. The maximum absolute atomic E-state index is 4.11. The Morgan fingerprint density at radius 1 is 1.27 bits per heavy atom. The van der Waals surface area contributed by atoms with E-state index in [0.29, 0.717) is 6.04 Å². The highest BCUT2D eigenvalue weighted by Crippen LogP contribution is 2.17. The lowest BCUT2D eigenvalue weighted by atomic mass is 10.1. The first-order valence-corrected chi connectivity index (χ1v) is 6.66. The topological polar surface area (TPSA) is 37.8 Å². The van der Waals surface area contributed by atoms with E-state index in [9.17, 15) is 0 Å². The standard InChI is InChI=1S/C11H21N3S/c1-4-6-7-8-9(3)12-11-14-13-10(5-2)15-11/h9H,4-8H2,1-3H3,(H,12,14). The van der Waals surface area contributed by atoms with Crippen molar-refractivity contribution >= 4 is 16.5 Å². The van der Waals surface area contributed by atoms with E-state index in [1.54, 1.807) is 11.3 Å². The smallest absolute Gasteiger partial charge is 0.205 e. The Morgan fingerprint density at radius 2 is 2.07 bits per heavy atom. The molecule has 0 spiro atoms. The molecule has 1 rings (SSSR count). The second-order valence-electron chi connectivity index (χ2n) is 3.90. The Kier molecular flexibility index (Phi) is 5.61. The van der Waals surface area contributed by atoms with E-state index >= 15 is 0 Å². The maximum atomic E-state index is 4.11. The van der Waals surface area contributed by atoms with Crippen LogP contribution in [0, 0.1) is 0 Å². The van der Waals surface area contributed by atoms with Crippen molar-refractivity contribution in [1.29, 1.82) is 0 Å². The molecule has 0 aromatic carbocycles. The monoisotopic (exact) mass is 227 g/mol. The van der Waals surface area contributed by atoms with Gasteiger partial charge < -0.3 is 5.32 Å². The van der Waals surface area contributed by atoms with Crippen LogP contribution in [0.3, 0.4) is 0 Å². The first-order chi connectivity index (χ1) is 7.26. The van der Waals surface area contributed by atoms with Gasteiger partial charge >= 0.3 is 0 Å². The van der Waals surface area contributed by atoms with Crippen molar-refractivity contribution in [3.05, 3.63) is 5.01 Å². The fourth-order valence-electron chi connectivity index (χ4n) is 1.44. The summed E-state index contributed by atoms with van der Waals surface area (Å²) < 4.78 is 0. The Bertz CT molecular complexity index is 273. The van der Waals surface area contributed by atoms with Crippen LogP contribution in [0.5, 0.6) is 0 Å². The summed E-state index contributed by atoms with van der Waals surface area (Å²) in [5.41, 5.74) is 0. The number of aromatic nitrogens is 2. The molecule has 0 saturated heterocycles. The third-order valence-electron chi connectivity index (χ3n) is 2.38. The molecule has 0 aliphatic heterocycles. The first-order valence-electron chi connectivity index (χ1n) is 5.85. The molecule has 1 unspecified atom stereocenters. The predicted octanol–water partition coefficient (Wildman–Crippen LogP) is 3.48. The summed E-state index contributed by atoms with van der Waals surface area (Å²) in [6.45, 7) is 6.55. The van der Waals surface area contributed by atoms with Gasteiger partial charge in [-0.1, -0.05) is 44.4 Å². The molecule has 1 aromatic rings. The molecule has 15 heavy (non-hydrogen) atoms. The fraction of sp³-hybridized carbons (Fsp3) is 0.818. The van der Waals surface area contributed by atoms with E-state index in [4.69, 9.17) is 0 Å². The minimum Gasteiger partial charge on any atom is -0.358 e. The van der Waals surface area contributed by atoms with E-state index in [1.165, 1.54) is 25.7 Å². The summed E-state index contributed by atoms with van der Waals surface area (Å²) in [6.07, 6.45) is 6.09. The molecule has 0 aliphatic rings. The van der Waals surface area contributed by atoms with Crippen molar-refractivity contribution < 1.29 is 0 Å². The average Bonchev–Trinajstić information content (AvgIpc) is 2.66. The second-order valence-corrected chi connectivity index (χ2v) is 4.96. The lowest BCUT2D eigenvalue weighted by Crippen LogP contribution is -2.14. The number of rotatable bonds is 7. The third kappa shape index (κ3) is 4.60. The number of anilines is 1. The van der Waals surface area contributed by atoms with Crippen LogP contribution in [0.15, 0.2) is 0 Å². The van der Waals surface area contributed by atoms with Gasteiger partial charge in [-0.15, -0.1) is 10.2 Å². The molecule has 4 heteroatoms. The predicted molar refractivity (Wildman–Crippen MR) is 66.5 cm³/mol. The maximum Gasteiger partial charge on any atom is 0.205 e. The normalized spacial score (nSPS) is 12.7. The van der Waals surface area contributed by atoms with Crippen LogP contribution < -0.4 is 5.32 Å². The van der Waals surface area contributed by atoms with E-state index in [2.05, 4.69) is 36.3 Å². The molecule has 0 amide bonds. The number of unbranched alkanes of at least 4 members (excludes halogenated alkanes) is 2.